The monoisotopic (exact) mass is 259 g/mol. The van der Waals surface area contributed by atoms with Gasteiger partial charge < -0.3 is 5.32 Å². The van der Waals surface area contributed by atoms with E-state index >= 15 is 0 Å². The average molecular weight is 259 g/mol. The largest absolute Gasteiger partial charge is 0.319 e. The smallest absolute Gasteiger partial charge is 0.269 e. The van der Waals surface area contributed by atoms with Gasteiger partial charge in [-0.2, -0.15) is 0 Å². The molecular formula is C9H13N3O4S. The average Bonchev–Trinajstić information content (AvgIpc) is 2.26. The summed E-state index contributed by atoms with van der Waals surface area (Å²) in [7, 11) is -1.76. The summed E-state index contributed by atoms with van der Waals surface area (Å²) in [4.78, 5) is 9.86. The van der Waals surface area contributed by atoms with Crippen molar-refractivity contribution in [3.05, 3.63) is 34.4 Å². The molecule has 1 rings (SSSR count). The quantitative estimate of drug-likeness (QED) is 0.574. The molecule has 0 aromatic heterocycles. The standard InChI is InChI=1S/C9H13N3O4S/c1-10-6-7-17(15,16)11-8-2-4-9(5-3-8)12(13)14/h2-5,10-11H,6-7H2,1H3. The molecular weight excluding hydrogens is 246 g/mol. The van der Waals surface area contributed by atoms with Crippen LogP contribution in [0.1, 0.15) is 0 Å². The van der Waals surface area contributed by atoms with Gasteiger partial charge in [0.05, 0.1) is 10.7 Å². The Bertz CT molecular complexity index is 483. The van der Waals surface area contributed by atoms with Gasteiger partial charge in [0, 0.05) is 24.4 Å². The summed E-state index contributed by atoms with van der Waals surface area (Å²) in [6.45, 7) is 0.336. The van der Waals surface area contributed by atoms with Crippen molar-refractivity contribution in [1.29, 1.82) is 0 Å². The van der Waals surface area contributed by atoms with Crippen molar-refractivity contribution in [2.24, 2.45) is 0 Å². The van der Waals surface area contributed by atoms with Gasteiger partial charge >= 0.3 is 0 Å². The number of non-ortho nitro benzene ring substituents is 1. The lowest BCUT2D eigenvalue weighted by molar-refractivity contribution is -0.384. The summed E-state index contributed by atoms with van der Waals surface area (Å²) in [5, 5.41) is 13.1. The van der Waals surface area contributed by atoms with Gasteiger partial charge in [-0.1, -0.05) is 0 Å². The predicted molar refractivity (Wildman–Crippen MR) is 64.4 cm³/mol. The third-order valence-corrected chi connectivity index (χ3v) is 3.26. The highest BCUT2D eigenvalue weighted by atomic mass is 32.2. The highest BCUT2D eigenvalue weighted by Gasteiger charge is 2.10. The number of nitrogens with zero attached hydrogens (tertiary/aromatic N) is 1. The molecule has 0 radical (unpaired) electrons. The highest BCUT2D eigenvalue weighted by Crippen LogP contribution is 2.16. The number of nitrogens with one attached hydrogen (secondary N) is 2. The minimum Gasteiger partial charge on any atom is -0.319 e. The normalized spacial score (nSPS) is 11.1. The van der Waals surface area contributed by atoms with E-state index in [0.717, 1.165) is 0 Å². The minimum absolute atomic E-state index is 0.0551. The van der Waals surface area contributed by atoms with Gasteiger partial charge in [0.1, 0.15) is 0 Å². The first-order chi connectivity index (χ1) is 7.94. The van der Waals surface area contributed by atoms with Crippen molar-refractivity contribution in [3.8, 4) is 0 Å². The van der Waals surface area contributed by atoms with Crippen LogP contribution in [0.15, 0.2) is 24.3 Å². The maximum Gasteiger partial charge on any atom is 0.269 e. The molecule has 0 aliphatic carbocycles. The van der Waals surface area contributed by atoms with E-state index in [1.807, 2.05) is 0 Å². The second-order valence-corrected chi connectivity index (χ2v) is 5.17. The third-order valence-electron chi connectivity index (χ3n) is 1.97. The topological polar surface area (TPSA) is 101 Å². The Hall–Kier alpha value is -1.67. The molecule has 0 saturated heterocycles. The van der Waals surface area contributed by atoms with E-state index in [-0.39, 0.29) is 11.4 Å². The van der Waals surface area contributed by atoms with Gasteiger partial charge in [-0.05, 0) is 19.2 Å². The summed E-state index contributed by atoms with van der Waals surface area (Å²) in [6.07, 6.45) is 0. The molecule has 0 spiro atoms. The maximum atomic E-state index is 11.5. The molecule has 0 atom stereocenters. The Labute approximate surface area is 99.0 Å². The Morgan fingerprint density at radius 3 is 2.35 bits per heavy atom. The van der Waals surface area contributed by atoms with Crippen LogP contribution < -0.4 is 10.0 Å². The summed E-state index contributed by atoms with van der Waals surface area (Å²) in [5.74, 6) is -0.0551. The van der Waals surface area contributed by atoms with E-state index in [1.165, 1.54) is 24.3 Å². The van der Waals surface area contributed by atoms with Gasteiger partial charge in [-0.15, -0.1) is 0 Å². The molecule has 1 aromatic rings. The van der Waals surface area contributed by atoms with Crippen LogP contribution in [-0.2, 0) is 10.0 Å². The minimum atomic E-state index is -3.41. The molecule has 0 aliphatic heterocycles. The molecule has 1 aromatic carbocycles. The first-order valence-corrected chi connectivity index (χ1v) is 6.49. The van der Waals surface area contributed by atoms with E-state index in [1.54, 1.807) is 7.05 Å². The lowest BCUT2D eigenvalue weighted by atomic mass is 10.3. The second kappa shape index (κ2) is 5.60. The molecule has 0 unspecified atom stereocenters. The maximum absolute atomic E-state index is 11.5. The fraction of sp³-hybridized carbons (Fsp3) is 0.333. The SMILES string of the molecule is CNCCS(=O)(=O)Nc1ccc([N+](=O)[O-])cc1. The summed E-state index contributed by atoms with van der Waals surface area (Å²) >= 11 is 0. The van der Waals surface area contributed by atoms with Crippen molar-refractivity contribution < 1.29 is 13.3 Å². The number of rotatable bonds is 6. The molecule has 17 heavy (non-hydrogen) atoms. The number of hydrogen-bond acceptors (Lipinski definition) is 5. The summed E-state index contributed by atoms with van der Waals surface area (Å²) < 4.78 is 25.3. The first-order valence-electron chi connectivity index (χ1n) is 4.84. The van der Waals surface area contributed by atoms with Crippen LogP contribution in [0.5, 0.6) is 0 Å². The Balaban J connectivity index is 2.72. The van der Waals surface area contributed by atoms with Gasteiger partial charge in [0.15, 0.2) is 0 Å². The molecule has 0 bridgehead atoms. The molecule has 0 aliphatic rings. The molecule has 0 saturated carbocycles. The number of nitro groups is 1. The van der Waals surface area contributed by atoms with E-state index in [0.29, 0.717) is 12.2 Å². The molecule has 0 fully saturated rings. The second-order valence-electron chi connectivity index (χ2n) is 3.33. The van der Waals surface area contributed by atoms with Crippen LogP contribution >= 0.6 is 0 Å². The molecule has 94 valence electrons. The van der Waals surface area contributed by atoms with E-state index < -0.39 is 14.9 Å². The number of anilines is 1. The van der Waals surface area contributed by atoms with Crippen molar-refractivity contribution >= 4 is 21.4 Å². The molecule has 0 amide bonds. The van der Waals surface area contributed by atoms with E-state index in [2.05, 4.69) is 10.0 Å². The fourth-order valence-electron chi connectivity index (χ4n) is 1.12. The molecule has 8 heteroatoms. The van der Waals surface area contributed by atoms with Crippen molar-refractivity contribution in [3.63, 3.8) is 0 Å². The van der Waals surface area contributed by atoms with Gasteiger partial charge in [0.25, 0.3) is 5.69 Å². The Kier molecular flexibility index (Phi) is 4.41. The summed E-state index contributed by atoms with van der Waals surface area (Å²) in [6, 6.07) is 5.20. The number of hydrogen-bond donors (Lipinski definition) is 2. The zero-order chi connectivity index (χ0) is 12.9. The first kappa shape index (κ1) is 13.4. The number of sulfonamides is 1. The lowest BCUT2D eigenvalue weighted by Crippen LogP contribution is -2.24. The van der Waals surface area contributed by atoms with Crippen molar-refractivity contribution in [2.75, 3.05) is 24.1 Å². The lowest BCUT2D eigenvalue weighted by Gasteiger charge is -2.07. The Morgan fingerprint density at radius 2 is 1.88 bits per heavy atom. The van der Waals surface area contributed by atoms with Crippen LogP contribution in [-0.4, -0.2) is 32.7 Å². The Morgan fingerprint density at radius 1 is 1.29 bits per heavy atom. The van der Waals surface area contributed by atoms with E-state index in [9.17, 15) is 18.5 Å². The van der Waals surface area contributed by atoms with Crippen molar-refractivity contribution in [2.45, 2.75) is 0 Å². The van der Waals surface area contributed by atoms with Gasteiger partial charge in [-0.25, -0.2) is 8.42 Å². The zero-order valence-electron chi connectivity index (χ0n) is 9.21. The predicted octanol–water partition coefficient (Wildman–Crippen LogP) is 0.556. The number of benzene rings is 1. The van der Waals surface area contributed by atoms with Crippen LogP contribution in [0.25, 0.3) is 0 Å². The third kappa shape index (κ3) is 4.37. The summed E-state index contributed by atoms with van der Waals surface area (Å²) in [5.41, 5.74) is 0.231. The van der Waals surface area contributed by atoms with Crippen LogP contribution in [0.4, 0.5) is 11.4 Å². The molecule has 2 N–H and O–H groups in total. The zero-order valence-corrected chi connectivity index (χ0v) is 10.0. The van der Waals surface area contributed by atoms with Gasteiger partial charge in [0.2, 0.25) is 10.0 Å². The van der Waals surface area contributed by atoms with E-state index in [4.69, 9.17) is 0 Å². The van der Waals surface area contributed by atoms with Crippen molar-refractivity contribution in [1.82, 2.24) is 5.32 Å². The van der Waals surface area contributed by atoms with Gasteiger partial charge in [-0.3, -0.25) is 14.8 Å². The highest BCUT2D eigenvalue weighted by molar-refractivity contribution is 7.92. The van der Waals surface area contributed by atoms with Crippen LogP contribution in [0.2, 0.25) is 0 Å². The molecule has 0 heterocycles. The number of nitro benzene ring substituents is 1. The molecule has 7 nitrogen and oxygen atoms in total. The van der Waals surface area contributed by atoms with Crippen LogP contribution in [0, 0.1) is 10.1 Å². The fourth-order valence-corrected chi connectivity index (χ4v) is 2.19. The van der Waals surface area contributed by atoms with Crippen LogP contribution in [0.3, 0.4) is 0 Å².